The molecule has 1 heterocycles. The Kier molecular flexibility index (Phi) is 4.88. The number of carbonyl (C=O) groups is 2. The van der Waals surface area contributed by atoms with Gasteiger partial charge in [-0.3, -0.25) is 4.79 Å². The number of nitrogens with one attached hydrogen (secondary N) is 1. The average molecular weight is 341 g/mol. The van der Waals surface area contributed by atoms with Gasteiger partial charge in [0.1, 0.15) is 6.10 Å². The highest BCUT2D eigenvalue weighted by Gasteiger charge is 2.33. The van der Waals surface area contributed by atoms with E-state index in [-0.39, 0.29) is 11.5 Å². The summed E-state index contributed by atoms with van der Waals surface area (Å²) in [6, 6.07) is 14.0. The number of fused-ring (bicyclic) bond motifs is 1. The van der Waals surface area contributed by atoms with E-state index in [0.29, 0.717) is 30.0 Å². The molecular weight excluding hydrogens is 322 g/mol. The fourth-order valence-electron chi connectivity index (χ4n) is 2.77. The number of hydrogen-bond acceptors (Lipinski definition) is 4. The smallest absolute Gasteiger partial charge is 0.335 e. The molecule has 0 saturated carbocycles. The van der Waals surface area contributed by atoms with Gasteiger partial charge in [0.15, 0.2) is 11.5 Å². The number of carbonyl (C=O) groups excluding carboxylic acids is 1. The van der Waals surface area contributed by atoms with Crippen molar-refractivity contribution in [1.29, 1.82) is 0 Å². The van der Waals surface area contributed by atoms with Crippen LogP contribution in [0.4, 0.5) is 0 Å². The van der Waals surface area contributed by atoms with Crippen LogP contribution in [-0.4, -0.2) is 35.7 Å². The van der Waals surface area contributed by atoms with Gasteiger partial charge in [-0.05, 0) is 37.1 Å². The molecule has 0 spiro atoms. The van der Waals surface area contributed by atoms with E-state index in [4.69, 9.17) is 9.47 Å². The molecule has 130 valence electrons. The third-order valence-corrected chi connectivity index (χ3v) is 4.04. The number of amides is 1. The zero-order valence-corrected chi connectivity index (χ0v) is 13.8. The van der Waals surface area contributed by atoms with Crippen LogP contribution in [0.15, 0.2) is 48.5 Å². The van der Waals surface area contributed by atoms with Crippen LogP contribution in [0.2, 0.25) is 0 Å². The first-order valence-corrected chi connectivity index (χ1v) is 8.07. The topological polar surface area (TPSA) is 84.9 Å². The summed E-state index contributed by atoms with van der Waals surface area (Å²) in [6.45, 7) is 2.09. The maximum absolute atomic E-state index is 12.4. The summed E-state index contributed by atoms with van der Waals surface area (Å²) in [6.07, 6.45) is -0.738. The molecule has 1 aliphatic heterocycles. The van der Waals surface area contributed by atoms with Gasteiger partial charge >= 0.3 is 5.97 Å². The Morgan fingerprint density at radius 2 is 1.68 bits per heavy atom. The molecule has 1 aliphatic rings. The summed E-state index contributed by atoms with van der Waals surface area (Å²) in [4.78, 5) is 23.6. The Morgan fingerprint density at radius 1 is 1.04 bits per heavy atom. The molecular formula is C19H19NO5. The molecule has 2 atom stereocenters. The van der Waals surface area contributed by atoms with Gasteiger partial charge in [-0.25, -0.2) is 4.79 Å². The van der Waals surface area contributed by atoms with Crippen LogP contribution in [0.1, 0.15) is 22.8 Å². The standard InChI is InChI=1S/C19H19NO5/c1-12-17(25-16-9-5-4-8-15(16)24-12)18(21)20-11-10-13-6-2-3-7-14(13)19(22)23/h2-9,12,17H,10-11H2,1H3,(H,20,21)(H,22,23). The minimum Gasteiger partial charge on any atom is -0.482 e. The van der Waals surface area contributed by atoms with E-state index in [1.165, 1.54) is 0 Å². The number of hydrogen-bond donors (Lipinski definition) is 2. The van der Waals surface area contributed by atoms with E-state index in [9.17, 15) is 14.7 Å². The van der Waals surface area contributed by atoms with Crippen molar-refractivity contribution in [3.05, 3.63) is 59.7 Å². The highest BCUT2D eigenvalue weighted by molar-refractivity contribution is 5.89. The Labute approximate surface area is 145 Å². The molecule has 6 heteroatoms. The highest BCUT2D eigenvalue weighted by Crippen LogP contribution is 2.33. The molecule has 0 radical (unpaired) electrons. The zero-order chi connectivity index (χ0) is 17.8. The minimum atomic E-state index is -0.976. The number of para-hydroxylation sites is 2. The van der Waals surface area contributed by atoms with Crippen LogP contribution >= 0.6 is 0 Å². The zero-order valence-electron chi connectivity index (χ0n) is 13.8. The fraction of sp³-hybridized carbons (Fsp3) is 0.263. The van der Waals surface area contributed by atoms with Crippen molar-refractivity contribution in [3.63, 3.8) is 0 Å². The first-order valence-electron chi connectivity index (χ1n) is 8.07. The second-order valence-corrected chi connectivity index (χ2v) is 5.81. The summed E-state index contributed by atoms with van der Waals surface area (Å²) in [7, 11) is 0. The van der Waals surface area contributed by atoms with Crippen LogP contribution in [0.25, 0.3) is 0 Å². The third kappa shape index (κ3) is 3.74. The number of carboxylic acids is 1. The molecule has 25 heavy (non-hydrogen) atoms. The molecule has 0 aliphatic carbocycles. The van der Waals surface area contributed by atoms with Gasteiger partial charge in [0.05, 0.1) is 5.56 Å². The van der Waals surface area contributed by atoms with Crippen LogP contribution < -0.4 is 14.8 Å². The van der Waals surface area contributed by atoms with Gasteiger partial charge < -0.3 is 19.9 Å². The van der Waals surface area contributed by atoms with Crippen molar-refractivity contribution in [2.45, 2.75) is 25.6 Å². The second kappa shape index (κ2) is 7.25. The monoisotopic (exact) mass is 341 g/mol. The van der Waals surface area contributed by atoms with Crippen LogP contribution in [0.5, 0.6) is 11.5 Å². The molecule has 0 fully saturated rings. The minimum absolute atomic E-state index is 0.247. The number of carboxylic acid groups (broad SMARTS) is 1. The number of ether oxygens (including phenoxy) is 2. The molecule has 1 amide bonds. The predicted octanol–water partition coefficient (Wildman–Crippen LogP) is 2.27. The van der Waals surface area contributed by atoms with E-state index in [0.717, 1.165) is 0 Å². The van der Waals surface area contributed by atoms with Crippen molar-refractivity contribution in [1.82, 2.24) is 5.32 Å². The van der Waals surface area contributed by atoms with Crippen LogP contribution in [0, 0.1) is 0 Å². The molecule has 2 aromatic carbocycles. The van der Waals surface area contributed by atoms with Crippen molar-refractivity contribution < 1.29 is 24.2 Å². The normalized spacial score (nSPS) is 18.4. The van der Waals surface area contributed by atoms with E-state index >= 15 is 0 Å². The maximum atomic E-state index is 12.4. The van der Waals surface area contributed by atoms with Crippen molar-refractivity contribution in [3.8, 4) is 11.5 Å². The Morgan fingerprint density at radius 3 is 2.40 bits per heavy atom. The molecule has 2 unspecified atom stereocenters. The van der Waals surface area contributed by atoms with Gasteiger partial charge in [0.2, 0.25) is 6.10 Å². The van der Waals surface area contributed by atoms with E-state index in [1.54, 1.807) is 43.3 Å². The molecule has 3 rings (SSSR count). The van der Waals surface area contributed by atoms with Crippen molar-refractivity contribution >= 4 is 11.9 Å². The second-order valence-electron chi connectivity index (χ2n) is 5.81. The number of benzene rings is 2. The molecule has 0 aromatic heterocycles. The van der Waals surface area contributed by atoms with Gasteiger partial charge in [-0.1, -0.05) is 30.3 Å². The lowest BCUT2D eigenvalue weighted by atomic mass is 10.0. The lowest BCUT2D eigenvalue weighted by Crippen LogP contribution is -2.49. The quantitative estimate of drug-likeness (QED) is 0.871. The van der Waals surface area contributed by atoms with E-state index in [1.807, 2.05) is 12.1 Å². The summed E-state index contributed by atoms with van der Waals surface area (Å²) >= 11 is 0. The van der Waals surface area contributed by atoms with Gasteiger partial charge in [0.25, 0.3) is 5.91 Å². The Bertz CT molecular complexity index is 789. The first-order chi connectivity index (χ1) is 12.1. The van der Waals surface area contributed by atoms with Gasteiger partial charge in [0, 0.05) is 6.54 Å². The lowest BCUT2D eigenvalue weighted by Gasteiger charge is -2.31. The first kappa shape index (κ1) is 16.8. The average Bonchev–Trinajstić information content (AvgIpc) is 2.61. The number of rotatable bonds is 5. The van der Waals surface area contributed by atoms with Crippen LogP contribution in [0.3, 0.4) is 0 Å². The van der Waals surface area contributed by atoms with E-state index in [2.05, 4.69) is 5.32 Å². The SMILES string of the molecule is CC1Oc2ccccc2OC1C(=O)NCCc1ccccc1C(=O)O. The van der Waals surface area contributed by atoms with E-state index < -0.39 is 18.2 Å². The predicted molar refractivity (Wildman–Crippen MR) is 91.1 cm³/mol. The van der Waals surface area contributed by atoms with Crippen molar-refractivity contribution in [2.75, 3.05) is 6.54 Å². The van der Waals surface area contributed by atoms with Crippen molar-refractivity contribution in [2.24, 2.45) is 0 Å². The largest absolute Gasteiger partial charge is 0.482 e. The summed E-state index contributed by atoms with van der Waals surface area (Å²) in [5.74, 6) is -0.0996. The lowest BCUT2D eigenvalue weighted by molar-refractivity contribution is -0.133. The molecule has 2 N–H and O–H groups in total. The highest BCUT2D eigenvalue weighted by atomic mass is 16.6. The molecule has 0 bridgehead atoms. The molecule has 6 nitrogen and oxygen atoms in total. The fourth-order valence-corrected chi connectivity index (χ4v) is 2.77. The molecule has 2 aromatic rings. The number of aromatic carboxylic acids is 1. The summed E-state index contributed by atoms with van der Waals surface area (Å²) < 4.78 is 11.5. The van der Waals surface area contributed by atoms with Gasteiger partial charge in [-0.2, -0.15) is 0 Å². The van der Waals surface area contributed by atoms with Crippen LogP contribution in [-0.2, 0) is 11.2 Å². The third-order valence-electron chi connectivity index (χ3n) is 4.04. The Balaban J connectivity index is 1.59. The van der Waals surface area contributed by atoms with Gasteiger partial charge in [-0.15, -0.1) is 0 Å². The summed E-state index contributed by atoms with van der Waals surface area (Å²) in [5, 5.41) is 12.0. The molecule has 0 saturated heterocycles. The summed E-state index contributed by atoms with van der Waals surface area (Å²) in [5.41, 5.74) is 0.922. The maximum Gasteiger partial charge on any atom is 0.335 e. The Hall–Kier alpha value is -3.02.